The molecule has 0 unspecified atom stereocenters. The molecule has 0 aromatic carbocycles. The minimum Gasteiger partial charge on any atom is -0.550 e. The number of carbonyl (C=O) groups excluding carboxylic acids is 2. The quantitative estimate of drug-likeness (QED) is 0.192. The molecule has 0 saturated carbocycles. The molecule has 0 aliphatic heterocycles. The largest absolute Gasteiger partial charge is 1.00 e. The molecule has 0 aromatic rings. The summed E-state index contributed by atoms with van der Waals surface area (Å²) in [4.78, 5) is 21.5. The van der Waals surface area contributed by atoms with E-state index in [1.165, 1.54) is 19.3 Å². The molecular weight excluding hydrogens is 293 g/mol. The SMILES string of the molecule is CC(C)CCCCC=CCOC(=O)CCNCCC(=O)[O-].[Na+]. The molecule has 6 heteroatoms. The zero-order valence-electron chi connectivity index (χ0n) is 14.2. The number of ether oxygens (including phenoxy) is 1. The number of carboxylic acid groups (broad SMARTS) is 1. The predicted molar refractivity (Wildman–Crippen MR) is 80.5 cm³/mol. The van der Waals surface area contributed by atoms with Gasteiger partial charge in [0.2, 0.25) is 0 Å². The summed E-state index contributed by atoms with van der Waals surface area (Å²) in [6.45, 7) is 5.49. The van der Waals surface area contributed by atoms with Crippen molar-refractivity contribution in [3.05, 3.63) is 12.2 Å². The fraction of sp³-hybridized carbons (Fsp3) is 0.750. The summed E-state index contributed by atoms with van der Waals surface area (Å²) in [5.74, 6) is -0.612. The third-order valence-corrected chi connectivity index (χ3v) is 2.92. The summed E-state index contributed by atoms with van der Waals surface area (Å²) in [5.41, 5.74) is 0. The number of unbranched alkanes of at least 4 members (excludes halogenated alkanes) is 2. The van der Waals surface area contributed by atoms with Gasteiger partial charge >= 0.3 is 35.5 Å². The van der Waals surface area contributed by atoms with Crippen molar-refractivity contribution in [2.24, 2.45) is 5.92 Å². The van der Waals surface area contributed by atoms with Crippen LogP contribution in [0.4, 0.5) is 0 Å². The molecule has 0 aliphatic carbocycles. The molecule has 0 radical (unpaired) electrons. The van der Waals surface area contributed by atoms with Crippen LogP contribution in [0.15, 0.2) is 12.2 Å². The van der Waals surface area contributed by atoms with Gasteiger partial charge in [0.1, 0.15) is 6.61 Å². The van der Waals surface area contributed by atoms with E-state index in [0.29, 0.717) is 19.7 Å². The van der Waals surface area contributed by atoms with Crippen LogP contribution >= 0.6 is 0 Å². The van der Waals surface area contributed by atoms with E-state index in [9.17, 15) is 14.7 Å². The predicted octanol–water partition coefficient (Wildman–Crippen LogP) is -1.57. The van der Waals surface area contributed by atoms with Gasteiger partial charge in [0.25, 0.3) is 0 Å². The van der Waals surface area contributed by atoms with E-state index in [2.05, 4.69) is 19.2 Å². The second kappa shape index (κ2) is 17.0. The number of carboxylic acids is 1. The summed E-state index contributed by atoms with van der Waals surface area (Å²) in [6.07, 6.45) is 8.81. The Kier molecular flexibility index (Phi) is 18.5. The van der Waals surface area contributed by atoms with Gasteiger partial charge in [-0.1, -0.05) is 38.8 Å². The fourth-order valence-corrected chi connectivity index (χ4v) is 1.72. The Morgan fingerprint density at radius 1 is 1.14 bits per heavy atom. The van der Waals surface area contributed by atoms with Gasteiger partial charge in [-0.3, -0.25) is 4.79 Å². The summed E-state index contributed by atoms with van der Waals surface area (Å²) in [6, 6.07) is 0. The molecule has 0 amide bonds. The number of carbonyl (C=O) groups is 2. The first-order valence-electron chi connectivity index (χ1n) is 7.73. The maximum atomic E-state index is 11.3. The van der Waals surface area contributed by atoms with E-state index in [4.69, 9.17) is 4.74 Å². The third-order valence-electron chi connectivity index (χ3n) is 2.92. The third kappa shape index (κ3) is 19.6. The van der Waals surface area contributed by atoms with Gasteiger partial charge in [-0.05, 0) is 25.2 Å². The Morgan fingerprint density at radius 2 is 1.82 bits per heavy atom. The van der Waals surface area contributed by atoms with Gasteiger partial charge < -0.3 is 20.0 Å². The molecule has 122 valence electrons. The van der Waals surface area contributed by atoms with Crippen LogP contribution in [0.5, 0.6) is 0 Å². The van der Waals surface area contributed by atoms with Crippen molar-refractivity contribution in [2.45, 2.75) is 52.4 Å². The van der Waals surface area contributed by atoms with Gasteiger partial charge in [-0.15, -0.1) is 0 Å². The minimum atomic E-state index is -1.09. The zero-order valence-corrected chi connectivity index (χ0v) is 16.2. The van der Waals surface area contributed by atoms with E-state index < -0.39 is 5.97 Å². The number of nitrogens with one attached hydrogen (secondary N) is 1. The van der Waals surface area contributed by atoms with E-state index in [1.54, 1.807) is 0 Å². The van der Waals surface area contributed by atoms with Crippen molar-refractivity contribution in [1.29, 1.82) is 0 Å². The van der Waals surface area contributed by atoms with Crippen molar-refractivity contribution in [3.8, 4) is 0 Å². The summed E-state index contributed by atoms with van der Waals surface area (Å²) in [7, 11) is 0. The number of hydrogen-bond acceptors (Lipinski definition) is 5. The Morgan fingerprint density at radius 3 is 2.45 bits per heavy atom. The van der Waals surface area contributed by atoms with Crippen LogP contribution in [0, 0.1) is 5.92 Å². The van der Waals surface area contributed by atoms with Gasteiger partial charge in [0.15, 0.2) is 0 Å². The molecule has 0 atom stereocenters. The molecule has 5 nitrogen and oxygen atoms in total. The Hall–Kier alpha value is -0.360. The van der Waals surface area contributed by atoms with Crippen molar-refractivity contribution >= 4 is 11.9 Å². The first kappa shape index (κ1) is 23.9. The number of allylic oxidation sites excluding steroid dienone is 1. The van der Waals surface area contributed by atoms with Crippen LogP contribution in [-0.4, -0.2) is 31.6 Å². The van der Waals surface area contributed by atoms with Crippen LogP contribution in [0.25, 0.3) is 0 Å². The van der Waals surface area contributed by atoms with Crippen molar-refractivity contribution in [3.63, 3.8) is 0 Å². The maximum Gasteiger partial charge on any atom is 1.00 e. The van der Waals surface area contributed by atoms with Gasteiger partial charge in [0, 0.05) is 19.1 Å². The topological polar surface area (TPSA) is 78.5 Å². The van der Waals surface area contributed by atoms with Crippen LogP contribution in [0.2, 0.25) is 0 Å². The van der Waals surface area contributed by atoms with Gasteiger partial charge in [-0.2, -0.15) is 0 Å². The molecule has 0 aromatic heterocycles. The van der Waals surface area contributed by atoms with Crippen LogP contribution in [-0.2, 0) is 14.3 Å². The van der Waals surface area contributed by atoms with E-state index in [1.807, 2.05) is 12.2 Å². The second-order valence-corrected chi connectivity index (χ2v) is 5.45. The summed E-state index contributed by atoms with van der Waals surface area (Å²) >= 11 is 0. The minimum absolute atomic E-state index is 0. The van der Waals surface area contributed by atoms with E-state index in [0.717, 1.165) is 12.3 Å². The van der Waals surface area contributed by atoms with Crippen molar-refractivity contribution < 1.29 is 49.0 Å². The Bertz CT molecular complexity index is 319. The molecule has 0 aliphatic rings. The first-order valence-corrected chi connectivity index (χ1v) is 7.73. The average Bonchev–Trinajstić information content (AvgIpc) is 2.40. The number of hydrogen-bond donors (Lipinski definition) is 1. The molecule has 0 bridgehead atoms. The second-order valence-electron chi connectivity index (χ2n) is 5.45. The number of aliphatic carboxylic acids is 1. The number of esters is 1. The molecule has 0 saturated heterocycles. The molecule has 0 rings (SSSR count). The molecule has 0 spiro atoms. The zero-order chi connectivity index (χ0) is 15.9. The van der Waals surface area contributed by atoms with Crippen molar-refractivity contribution in [2.75, 3.05) is 19.7 Å². The smallest absolute Gasteiger partial charge is 0.550 e. The van der Waals surface area contributed by atoms with Crippen LogP contribution < -0.4 is 40.0 Å². The van der Waals surface area contributed by atoms with Crippen molar-refractivity contribution in [1.82, 2.24) is 5.32 Å². The van der Waals surface area contributed by atoms with E-state index in [-0.39, 0.29) is 48.4 Å². The molecule has 22 heavy (non-hydrogen) atoms. The molecule has 1 N–H and O–H groups in total. The monoisotopic (exact) mass is 321 g/mol. The maximum absolute atomic E-state index is 11.3. The molecule has 0 fully saturated rings. The van der Waals surface area contributed by atoms with E-state index >= 15 is 0 Å². The average molecular weight is 321 g/mol. The summed E-state index contributed by atoms with van der Waals surface area (Å²) < 4.78 is 5.02. The van der Waals surface area contributed by atoms with Gasteiger partial charge in [-0.25, -0.2) is 0 Å². The first-order chi connectivity index (χ1) is 10.0. The van der Waals surface area contributed by atoms with Crippen LogP contribution in [0.3, 0.4) is 0 Å². The standard InChI is InChI=1S/C16H29NO4.Na/c1-14(2)8-6-4-3-5-7-13-21-16(20)10-12-17-11-9-15(18)19;/h5,7,14,17H,3-4,6,8-13H2,1-2H3,(H,18,19);/q;+1/p-1. The normalized spacial score (nSPS) is 10.7. The molecular formula is C16H28NNaO4. The number of rotatable bonds is 13. The van der Waals surface area contributed by atoms with Crippen LogP contribution in [0.1, 0.15) is 52.4 Å². The van der Waals surface area contributed by atoms with Gasteiger partial charge in [0.05, 0.1) is 6.42 Å². The fourth-order valence-electron chi connectivity index (χ4n) is 1.72. The molecule has 0 heterocycles. The Labute approximate surface area is 156 Å². The summed E-state index contributed by atoms with van der Waals surface area (Å²) in [5, 5.41) is 13.0. The Balaban J connectivity index is 0.